The van der Waals surface area contributed by atoms with Crippen molar-refractivity contribution >= 4 is 27.7 Å². The van der Waals surface area contributed by atoms with E-state index in [1.165, 1.54) is 5.69 Å². The van der Waals surface area contributed by atoms with Gasteiger partial charge in [-0.2, -0.15) is 0 Å². The van der Waals surface area contributed by atoms with Crippen molar-refractivity contribution in [1.82, 2.24) is 25.5 Å². The second kappa shape index (κ2) is 7.12. The maximum absolute atomic E-state index is 12.8. The van der Waals surface area contributed by atoms with Gasteiger partial charge >= 0.3 is 0 Å². The number of piperidine rings is 1. The van der Waals surface area contributed by atoms with Gasteiger partial charge in [0, 0.05) is 31.7 Å². The van der Waals surface area contributed by atoms with E-state index < -0.39 is 11.9 Å². The molecule has 9 heteroatoms. The Kier molecular flexibility index (Phi) is 4.81. The summed E-state index contributed by atoms with van der Waals surface area (Å²) >= 11 is 3.17. The van der Waals surface area contributed by atoms with Crippen LogP contribution in [0.5, 0.6) is 0 Å². The minimum Gasteiger partial charge on any atom is -0.444 e. The van der Waals surface area contributed by atoms with E-state index >= 15 is 0 Å². The predicted octanol–water partition coefficient (Wildman–Crippen LogP) is 1.55. The first-order chi connectivity index (χ1) is 13.0. The summed E-state index contributed by atoms with van der Waals surface area (Å²) < 4.78 is 5.71. The van der Waals surface area contributed by atoms with Gasteiger partial charge in [-0.15, -0.1) is 0 Å². The molecule has 2 amide bonds. The fraction of sp³-hybridized carbons (Fsp3) is 0.500. The van der Waals surface area contributed by atoms with Crippen molar-refractivity contribution in [3.8, 4) is 0 Å². The van der Waals surface area contributed by atoms with Crippen LogP contribution in [-0.4, -0.2) is 52.4 Å². The fourth-order valence-corrected chi connectivity index (χ4v) is 4.30. The fourth-order valence-electron chi connectivity index (χ4n) is 4.00. The summed E-state index contributed by atoms with van der Waals surface area (Å²) in [5.74, 6) is -0.302. The summed E-state index contributed by atoms with van der Waals surface area (Å²) in [6.45, 7) is 3.87. The first-order valence-electron chi connectivity index (χ1n) is 9.11. The summed E-state index contributed by atoms with van der Waals surface area (Å²) in [5, 5.41) is 6.33. The molecule has 0 radical (unpaired) electrons. The number of likely N-dealkylation sites (tertiary alicyclic amines) is 1. The van der Waals surface area contributed by atoms with Gasteiger partial charge in [0.1, 0.15) is 6.04 Å². The van der Waals surface area contributed by atoms with Crippen LogP contribution < -0.4 is 10.6 Å². The van der Waals surface area contributed by atoms with E-state index in [2.05, 4.69) is 36.5 Å². The molecule has 1 fully saturated rings. The topological polar surface area (TPSA) is 103 Å². The van der Waals surface area contributed by atoms with Crippen LogP contribution in [0.25, 0.3) is 0 Å². The van der Waals surface area contributed by atoms with Crippen LogP contribution >= 0.6 is 15.9 Å². The molecule has 4 rings (SSSR count). The Labute approximate surface area is 165 Å². The van der Waals surface area contributed by atoms with Crippen LogP contribution in [0.1, 0.15) is 41.7 Å². The van der Waals surface area contributed by atoms with Gasteiger partial charge in [0.05, 0.1) is 17.6 Å². The number of rotatable bonds is 3. The molecular weight excluding hydrogens is 414 g/mol. The van der Waals surface area contributed by atoms with Gasteiger partial charge in [-0.3, -0.25) is 9.59 Å². The average Bonchev–Trinajstić information content (AvgIpc) is 3.31. The number of imidazole rings is 1. The molecule has 1 spiro atoms. The van der Waals surface area contributed by atoms with Gasteiger partial charge in [-0.25, -0.2) is 4.98 Å². The smallest absolute Gasteiger partial charge is 0.287 e. The quantitative estimate of drug-likeness (QED) is 0.678. The molecule has 0 aliphatic carbocycles. The molecule has 4 heterocycles. The number of nitrogens with zero attached hydrogens (tertiary/aromatic N) is 2. The van der Waals surface area contributed by atoms with Crippen molar-refractivity contribution in [2.75, 3.05) is 19.6 Å². The van der Waals surface area contributed by atoms with Crippen molar-refractivity contribution in [2.45, 2.75) is 37.8 Å². The number of carbonyl (C=O) groups excluding carboxylic acids is 2. The third-order valence-electron chi connectivity index (χ3n) is 5.45. The average molecular weight is 436 g/mol. The van der Waals surface area contributed by atoms with Crippen molar-refractivity contribution in [2.24, 2.45) is 0 Å². The number of fused-ring (bicyclic) bond motifs is 2. The van der Waals surface area contributed by atoms with Gasteiger partial charge in [0.25, 0.3) is 5.91 Å². The van der Waals surface area contributed by atoms with E-state index in [4.69, 9.17) is 4.42 Å². The van der Waals surface area contributed by atoms with Gasteiger partial charge in [0.15, 0.2) is 10.4 Å². The highest BCUT2D eigenvalue weighted by Gasteiger charge is 2.42. The van der Waals surface area contributed by atoms with E-state index in [9.17, 15) is 9.59 Å². The van der Waals surface area contributed by atoms with Gasteiger partial charge in [-0.1, -0.05) is 0 Å². The molecule has 2 aliphatic rings. The molecule has 0 aromatic carbocycles. The third kappa shape index (κ3) is 3.41. The molecule has 1 atom stereocenters. The van der Waals surface area contributed by atoms with Gasteiger partial charge < -0.3 is 24.9 Å². The molecule has 0 unspecified atom stereocenters. The Hall–Kier alpha value is -2.13. The van der Waals surface area contributed by atoms with Crippen LogP contribution in [0.2, 0.25) is 0 Å². The summed E-state index contributed by atoms with van der Waals surface area (Å²) in [7, 11) is 0. The maximum Gasteiger partial charge on any atom is 0.287 e. The molecule has 2 aliphatic heterocycles. The number of halogens is 1. The number of amides is 2. The van der Waals surface area contributed by atoms with Crippen LogP contribution in [0.4, 0.5) is 0 Å². The number of hydrogen-bond acceptors (Lipinski definition) is 5. The molecule has 27 heavy (non-hydrogen) atoms. The molecule has 3 N–H and O–H groups in total. The van der Waals surface area contributed by atoms with Crippen molar-refractivity contribution in [3.05, 3.63) is 40.3 Å². The Morgan fingerprint density at radius 3 is 2.85 bits per heavy atom. The molecule has 8 nitrogen and oxygen atoms in total. The first kappa shape index (κ1) is 18.2. The maximum atomic E-state index is 12.8. The lowest BCUT2D eigenvalue weighted by Gasteiger charge is -2.44. The highest BCUT2D eigenvalue weighted by atomic mass is 79.9. The molecule has 2 aromatic rings. The monoisotopic (exact) mass is 435 g/mol. The van der Waals surface area contributed by atoms with Crippen LogP contribution in [0.3, 0.4) is 0 Å². The highest BCUT2D eigenvalue weighted by molar-refractivity contribution is 9.10. The van der Waals surface area contributed by atoms with Crippen LogP contribution in [-0.2, 0) is 16.8 Å². The zero-order chi connectivity index (χ0) is 19.0. The van der Waals surface area contributed by atoms with Crippen LogP contribution in [0.15, 0.2) is 27.5 Å². The lowest BCUT2D eigenvalue weighted by molar-refractivity contribution is -0.134. The number of H-pyrrole nitrogens is 1. The number of furan rings is 1. The number of hydrogen-bond donors (Lipinski definition) is 3. The molecule has 144 valence electrons. The zero-order valence-corrected chi connectivity index (χ0v) is 16.6. The summed E-state index contributed by atoms with van der Waals surface area (Å²) in [4.78, 5) is 34.5. The van der Waals surface area contributed by atoms with E-state index in [0.717, 1.165) is 31.5 Å². The zero-order valence-electron chi connectivity index (χ0n) is 15.0. The van der Waals surface area contributed by atoms with E-state index in [1.807, 2.05) is 4.90 Å². The highest BCUT2D eigenvalue weighted by Crippen LogP contribution is 2.35. The standard InChI is InChI=1S/C18H22BrN5O3/c1-11(23-16(25)13-2-3-14(19)27-13)17(26)24-8-5-18(6-9-24)15-12(4-7-22-18)20-10-21-15/h2-3,10-11,22H,4-9H2,1H3,(H,20,21)(H,23,25)/t11-/m1/s1. The third-order valence-corrected chi connectivity index (χ3v) is 5.88. The summed E-state index contributed by atoms with van der Waals surface area (Å²) in [5.41, 5.74) is 2.13. The minimum absolute atomic E-state index is 0.0816. The number of aromatic amines is 1. The lowest BCUT2D eigenvalue weighted by Crippen LogP contribution is -2.57. The minimum atomic E-state index is -0.615. The molecule has 0 saturated carbocycles. The largest absolute Gasteiger partial charge is 0.444 e. The van der Waals surface area contributed by atoms with Gasteiger partial charge in [0.2, 0.25) is 5.91 Å². The first-order valence-corrected chi connectivity index (χ1v) is 9.90. The Morgan fingerprint density at radius 2 is 2.15 bits per heavy atom. The number of carbonyl (C=O) groups is 2. The molecular formula is C18H22BrN5O3. The Balaban J connectivity index is 1.37. The van der Waals surface area contributed by atoms with Crippen LogP contribution in [0, 0.1) is 0 Å². The summed E-state index contributed by atoms with van der Waals surface area (Å²) in [6, 6.07) is 2.60. The number of nitrogens with one attached hydrogen (secondary N) is 3. The van der Waals surface area contributed by atoms with Crippen molar-refractivity contribution in [1.29, 1.82) is 0 Å². The second-order valence-corrected chi connectivity index (χ2v) is 7.89. The Morgan fingerprint density at radius 1 is 1.37 bits per heavy atom. The van der Waals surface area contributed by atoms with E-state index in [0.29, 0.717) is 17.8 Å². The molecule has 2 aromatic heterocycles. The predicted molar refractivity (Wildman–Crippen MR) is 101 cm³/mol. The Bertz CT molecular complexity index is 853. The van der Waals surface area contributed by atoms with E-state index in [-0.39, 0.29) is 17.2 Å². The van der Waals surface area contributed by atoms with Gasteiger partial charge in [-0.05, 0) is 47.8 Å². The molecule has 1 saturated heterocycles. The SMILES string of the molecule is C[C@@H](NC(=O)c1ccc(Br)o1)C(=O)N1CCC2(CC1)NCCc1[nH]cnc12. The lowest BCUT2D eigenvalue weighted by atomic mass is 9.80. The summed E-state index contributed by atoms with van der Waals surface area (Å²) in [6.07, 6.45) is 4.32. The van der Waals surface area contributed by atoms with E-state index in [1.54, 1.807) is 25.4 Å². The second-order valence-electron chi connectivity index (χ2n) is 7.11. The van der Waals surface area contributed by atoms with Crippen molar-refractivity contribution < 1.29 is 14.0 Å². The van der Waals surface area contributed by atoms with Crippen molar-refractivity contribution in [3.63, 3.8) is 0 Å². The normalized spacial score (nSPS) is 19.6. The number of aromatic nitrogens is 2. The molecule has 0 bridgehead atoms.